The number of hydrogen-bond donors (Lipinski definition) is 1. The molecule has 0 spiro atoms. The molecule has 1 rings (SSSR count). The summed E-state index contributed by atoms with van der Waals surface area (Å²) < 4.78 is 5.70. The molecule has 0 bridgehead atoms. The van der Waals surface area contributed by atoms with E-state index in [1.165, 1.54) is 51.7 Å². The lowest BCUT2D eigenvalue weighted by atomic mass is 10.0. The van der Waals surface area contributed by atoms with E-state index in [4.69, 9.17) is 4.74 Å². The number of ether oxygens (including phenoxy) is 1. The summed E-state index contributed by atoms with van der Waals surface area (Å²) in [7, 11) is 0. The second-order valence-electron chi connectivity index (χ2n) is 5.43. The lowest BCUT2D eigenvalue weighted by molar-refractivity contribution is 0.00485. The van der Waals surface area contributed by atoms with Crippen LogP contribution in [0.15, 0.2) is 0 Å². The van der Waals surface area contributed by atoms with E-state index in [0.29, 0.717) is 6.10 Å². The second kappa shape index (κ2) is 9.76. The summed E-state index contributed by atoms with van der Waals surface area (Å²) in [5.74, 6) is 0. The largest absolute Gasteiger partial charge is 0.378 e. The van der Waals surface area contributed by atoms with E-state index in [9.17, 15) is 0 Å². The fourth-order valence-electron chi connectivity index (χ4n) is 2.73. The summed E-state index contributed by atoms with van der Waals surface area (Å²) >= 11 is 0. The molecule has 1 fully saturated rings. The van der Waals surface area contributed by atoms with Gasteiger partial charge >= 0.3 is 0 Å². The smallest absolute Gasteiger partial charge is 0.0599 e. The van der Waals surface area contributed by atoms with Crippen molar-refractivity contribution < 1.29 is 4.74 Å². The molecule has 1 aliphatic rings. The van der Waals surface area contributed by atoms with Gasteiger partial charge in [0, 0.05) is 25.7 Å². The van der Waals surface area contributed by atoms with Crippen LogP contribution in [0.4, 0.5) is 0 Å². The molecular weight excluding hydrogens is 224 g/mol. The minimum absolute atomic E-state index is 0.518. The first kappa shape index (κ1) is 15.9. The first-order chi connectivity index (χ1) is 8.77. The van der Waals surface area contributed by atoms with Crippen LogP contribution in [0.5, 0.6) is 0 Å². The Hall–Kier alpha value is -0.120. The number of likely N-dealkylation sites (tertiary alicyclic amines) is 1. The highest BCUT2D eigenvalue weighted by Gasteiger charge is 2.22. The molecule has 1 atom stereocenters. The molecule has 108 valence electrons. The van der Waals surface area contributed by atoms with Gasteiger partial charge in [-0.3, -0.25) is 0 Å². The Kier molecular flexibility index (Phi) is 8.64. The van der Waals surface area contributed by atoms with E-state index < -0.39 is 0 Å². The van der Waals surface area contributed by atoms with Gasteiger partial charge in [0.25, 0.3) is 0 Å². The van der Waals surface area contributed by atoms with E-state index in [0.717, 1.165) is 19.2 Å². The van der Waals surface area contributed by atoms with Crippen molar-refractivity contribution in [2.45, 2.75) is 65.0 Å². The van der Waals surface area contributed by atoms with Crippen molar-refractivity contribution in [1.82, 2.24) is 10.2 Å². The highest BCUT2D eigenvalue weighted by atomic mass is 16.5. The van der Waals surface area contributed by atoms with Crippen molar-refractivity contribution in [1.29, 1.82) is 0 Å². The standard InChI is InChI=1S/C15H32N2O/c1-4-10-16-11-6-7-14(3)17-12-8-15(9-13-17)18-5-2/h14-16H,4-13H2,1-3H3. The highest BCUT2D eigenvalue weighted by Crippen LogP contribution is 2.17. The van der Waals surface area contributed by atoms with Crippen molar-refractivity contribution in [3.8, 4) is 0 Å². The van der Waals surface area contributed by atoms with Gasteiger partial charge in [0.15, 0.2) is 0 Å². The number of piperidine rings is 1. The van der Waals surface area contributed by atoms with Crippen molar-refractivity contribution in [2.75, 3.05) is 32.8 Å². The van der Waals surface area contributed by atoms with Gasteiger partial charge in [0.1, 0.15) is 0 Å². The Morgan fingerprint density at radius 3 is 2.56 bits per heavy atom. The molecule has 0 aromatic heterocycles. The molecule has 1 N–H and O–H groups in total. The van der Waals surface area contributed by atoms with Gasteiger partial charge in [-0.25, -0.2) is 0 Å². The molecule has 0 radical (unpaired) electrons. The highest BCUT2D eigenvalue weighted by molar-refractivity contribution is 4.76. The Balaban J connectivity index is 2.06. The minimum Gasteiger partial charge on any atom is -0.378 e. The Morgan fingerprint density at radius 2 is 1.94 bits per heavy atom. The van der Waals surface area contributed by atoms with Gasteiger partial charge in [0.05, 0.1) is 6.10 Å². The van der Waals surface area contributed by atoms with E-state index >= 15 is 0 Å². The predicted octanol–water partition coefficient (Wildman–Crippen LogP) is 2.66. The van der Waals surface area contributed by atoms with Crippen molar-refractivity contribution in [2.24, 2.45) is 0 Å². The maximum atomic E-state index is 5.70. The molecule has 0 aromatic rings. The van der Waals surface area contributed by atoms with E-state index in [1.54, 1.807) is 0 Å². The maximum Gasteiger partial charge on any atom is 0.0599 e. The Bertz CT molecular complexity index is 191. The summed E-state index contributed by atoms with van der Waals surface area (Å²) in [6, 6.07) is 0.732. The van der Waals surface area contributed by atoms with Crippen LogP contribution in [0.2, 0.25) is 0 Å². The molecule has 1 heterocycles. The van der Waals surface area contributed by atoms with Crippen LogP contribution in [-0.2, 0) is 4.74 Å². The maximum absolute atomic E-state index is 5.70. The van der Waals surface area contributed by atoms with Gasteiger partial charge in [-0.2, -0.15) is 0 Å². The van der Waals surface area contributed by atoms with Gasteiger partial charge in [-0.1, -0.05) is 6.92 Å². The van der Waals surface area contributed by atoms with Gasteiger partial charge in [0.2, 0.25) is 0 Å². The molecule has 3 heteroatoms. The zero-order chi connectivity index (χ0) is 13.2. The lowest BCUT2D eigenvalue weighted by Crippen LogP contribution is -2.42. The summed E-state index contributed by atoms with van der Waals surface area (Å²) in [5, 5.41) is 3.48. The fourth-order valence-corrected chi connectivity index (χ4v) is 2.73. The molecule has 0 aliphatic carbocycles. The topological polar surface area (TPSA) is 24.5 Å². The molecular formula is C15H32N2O. The zero-order valence-electron chi connectivity index (χ0n) is 12.6. The molecule has 1 saturated heterocycles. The summed E-state index contributed by atoms with van der Waals surface area (Å²) in [5.41, 5.74) is 0. The van der Waals surface area contributed by atoms with Crippen LogP contribution in [-0.4, -0.2) is 49.8 Å². The third-order valence-electron chi connectivity index (χ3n) is 3.90. The summed E-state index contributed by atoms with van der Waals surface area (Å²) in [4.78, 5) is 2.63. The Morgan fingerprint density at radius 1 is 1.22 bits per heavy atom. The molecule has 3 nitrogen and oxygen atoms in total. The second-order valence-corrected chi connectivity index (χ2v) is 5.43. The lowest BCUT2D eigenvalue weighted by Gasteiger charge is -2.36. The SMILES string of the molecule is CCCNCCCC(C)N1CCC(OCC)CC1. The van der Waals surface area contributed by atoms with Gasteiger partial charge in [-0.05, 0) is 59.0 Å². The number of hydrogen-bond acceptors (Lipinski definition) is 3. The minimum atomic E-state index is 0.518. The van der Waals surface area contributed by atoms with Gasteiger partial charge in [-0.15, -0.1) is 0 Å². The number of rotatable bonds is 9. The molecule has 1 aliphatic heterocycles. The zero-order valence-corrected chi connectivity index (χ0v) is 12.6. The van der Waals surface area contributed by atoms with Gasteiger partial charge < -0.3 is 15.0 Å². The van der Waals surface area contributed by atoms with E-state index in [-0.39, 0.29) is 0 Å². The Labute approximate surface area is 113 Å². The fraction of sp³-hybridized carbons (Fsp3) is 1.00. The third-order valence-corrected chi connectivity index (χ3v) is 3.90. The monoisotopic (exact) mass is 256 g/mol. The molecule has 0 aromatic carbocycles. The number of nitrogens with one attached hydrogen (secondary N) is 1. The summed E-state index contributed by atoms with van der Waals surface area (Å²) in [6.45, 7) is 12.3. The van der Waals surface area contributed by atoms with Crippen LogP contribution < -0.4 is 5.32 Å². The van der Waals surface area contributed by atoms with E-state index in [1.807, 2.05) is 0 Å². The van der Waals surface area contributed by atoms with Crippen LogP contribution >= 0.6 is 0 Å². The average molecular weight is 256 g/mol. The van der Waals surface area contributed by atoms with E-state index in [2.05, 4.69) is 31.0 Å². The van der Waals surface area contributed by atoms with Crippen molar-refractivity contribution in [3.63, 3.8) is 0 Å². The quantitative estimate of drug-likeness (QED) is 0.642. The molecule has 0 saturated carbocycles. The first-order valence-corrected chi connectivity index (χ1v) is 7.84. The van der Waals surface area contributed by atoms with Crippen LogP contribution in [0.1, 0.15) is 52.9 Å². The van der Waals surface area contributed by atoms with Crippen LogP contribution in [0.25, 0.3) is 0 Å². The summed E-state index contributed by atoms with van der Waals surface area (Å²) in [6.07, 6.45) is 6.80. The van der Waals surface area contributed by atoms with Crippen molar-refractivity contribution >= 4 is 0 Å². The third kappa shape index (κ3) is 6.17. The molecule has 18 heavy (non-hydrogen) atoms. The molecule has 0 amide bonds. The normalized spacial score (nSPS) is 20.2. The molecule has 1 unspecified atom stereocenters. The van der Waals surface area contributed by atoms with Crippen LogP contribution in [0, 0.1) is 0 Å². The first-order valence-electron chi connectivity index (χ1n) is 7.84. The average Bonchev–Trinajstić information content (AvgIpc) is 2.39. The number of nitrogens with zero attached hydrogens (tertiary/aromatic N) is 1. The van der Waals surface area contributed by atoms with Crippen molar-refractivity contribution in [3.05, 3.63) is 0 Å². The predicted molar refractivity (Wildman–Crippen MR) is 78.1 cm³/mol. The van der Waals surface area contributed by atoms with Crippen LogP contribution in [0.3, 0.4) is 0 Å².